The molecular formula is C17H19NO2S. The summed E-state index contributed by atoms with van der Waals surface area (Å²) in [6.45, 7) is 2.31. The maximum absolute atomic E-state index is 12.3. The summed E-state index contributed by atoms with van der Waals surface area (Å²) < 4.78 is 5.44. The Bertz CT molecular complexity index is 589. The maximum Gasteiger partial charge on any atom is 0.251 e. The van der Waals surface area contributed by atoms with Crippen LogP contribution in [0.2, 0.25) is 0 Å². The molecule has 1 aliphatic rings. The number of nitrogens with one attached hydrogen (secondary N) is 1. The number of carbonyl (C=O) groups is 1. The topological polar surface area (TPSA) is 38.3 Å². The van der Waals surface area contributed by atoms with Gasteiger partial charge in [0.25, 0.3) is 5.91 Å². The van der Waals surface area contributed by atoms with Crippen molar-refractivity contribution in [3.8, 4) is 11.1 Å². The fourth-order valence-corrected chi connectivity index (χ4v) is 3.24. The van der Waals surface area contributed by atoms with Gasteiger partial charge in [-0.3, -0.25) is 4.79 Å². The second-order valence-corrected chi connectivity index (χ2v) is 6.17. The van der Waals surface area contributed by atoms with Crippen molar-refractivity contribution < 1.29 is 9.53 Å². The number of rotatable bonds is 4. The molecule has 21 heavy (non-hydrogen) atoms. The van der Waals surface area contributed by atoms with Crippen LogP contribution in [0.5, 0.6) is 0 Å². The molecule has 2 heterocycles. The Morgan fingerprint density at radius 3 is 3.05 bits per heavy atom. The summed E-state index contributed by atoms with van der Waals surface area (Å²) in [5, 5.41) is 7.17. The lowest BCUT2D eigenvalue weighted by molar-refractivity contribution is 0.0536. The SMILES string of the molecule is O=C(NC[C@@H]1CCCOC1)c1cccc(-c2ccsc2)c1. The van der Waals surface area contributed by atoms with Gasteiger partial charge in [-0.2, -0.15) is 11.3 Å². The van der Waals surface area contributed by atoms with Gasteiger partial charge in [-0.15, -0.1) is 0 Å². The van der Waals surface area contributed by atoms with Crippen molar-refractivity contribution >= 4 is 17.2 Å². The lowest BCUT2D eigenvalue weighted by Gasteiger charge is -2.22. The van der Waals surface area contributed by atoms with Crippen LogP contribution in [0, 0.1) is 5.92 Å². The number of ether oxygens (including phenoxy) is 1. The van der Waals surface area contributed by atoms with E-state index in [1.54, 1.807) is 11.3 Å². The van der Waals surface area contributed by atoms with Gasteiger partial charge in [0.1, 0.15) is 0 Å². The van der Waals surface area contributed by atoms with E-state index in [0.29, 0.717) is 12.5 Å². The number of thiophene rings is 1. The Morgan fingerprint density at radius 2 is 2.29 bits per heavy atom. The first-order chi connectivity index (χ1) is 10.3. The molecule has 2 aromatic rings. The molecule has 1 atom stereocenters. The Morgan fingerprint density at radius 1 is 1.33 bits per heavy atom. The molecule has 0 spiro atoms. The number of hydrogen-bond acceptors (Lipinski definition) is 3. The molecule has 1 aromatic carbocycles. The monoisotopic (exact) mass is 301 g/mol. The zero-order valence-corrected chi connectivity index (χ0v) is 12.7. The van der Waals surface area contributed by atoms with Crippen LogP contribution in [0.3, 0.4) is 0 Å². The minimum Gasteiger partial charge on any atom is -0.381 e. The van der Waals surface area contributed by atoms with Gasteiger partial charge in [-0.1, -0.05) is 12.1 Å². The van der Waals surface area contributed by atoms with Crippen LogP contribution in [0.4, 0.5) is 0 Å². The van der Waals surface area contributed by atoms with Crippen molar-refractivity contribution in [1.29, 1.82) is 0 Å². The van der Waals surface area contributed by atoms with Crippen LogP contribution in [0.1, 0.15) is 23.2 Å². The first kappa shape index (κ1) is 14.3. The maximum atomic E-state index is 12.3. The van der Waals surface area contributed by atoms with Crippen LogP contribution in [0.15, 0.2) is 41.1 Å². The van der Waals surface area contributed by atoms with Gasteiger partial charge in [-0.25, -0.2) is 0 Å². The average Bonchev–Trinajstić information content (AvgIpc) is 3.08. The van der Waals surface area contributed by atoms with Gasteiger partial charge in [0.15, 0.2) is 0 Å². The molecule has 110 valence electrons. The third-order valence-corrected chi connectivity index (χ3v) is 4.47. The quantitative estimate of drug-likeness (QED) is 0.937. The molecule has 0 radical (unpaired) electrons. The van der Waals surface area contributed by atoms with Crippen molar-refractivity contribution in [3.63, 3.8) is 0 Å². The van der Waals surface area contributed by atoms with Gasteiger partial charge < -0.3 is 10.1 Å². The molecule has 4 heteroatoms. The van der Waals surface area contributed by atoms with Gasteiger partial charge in [-0.05, 0) is 58.8 Å². The average molecular weight is 301 g/mol. The Labute approximate surface area is 129 Å². The molecule has 1 amide bonds. The fraction of sp³-hybridized carbons (Fsp3) is 0.353. The predicted octanol–water partition coefficient (Wildman–Crippen LogP) is 3.57. The molecule has 1 aliphatic heterocycles. The third kappa shape index (κ3) is 3.71. The molecular weight excluding hydrogens is 282 g/mol. The molecule has 1 fully saturated rings. The molecule has 0 bridgehead atoms. The van der Waals surface area contributed by atoms with E-state index >= 15 is 0 Å². The fourth-order valence-electron chi connectivity index (χ4n) is 2.58. The van der Waals surface area contributed by atoms with E-state index in [2.05, 4.69) is 16.8 Å². The van der Waals surface area contributed by atoms with E-state index in [-0.39, 0.29) is 5.91 Å². The van der Waals surface area contributed by atoms with E-state index in [1.165, 1.54) is 0 Å². The van der Waals surface area contributed by atoms with Crippen LogP contribution in [-0.2, 0) is 4.74 Å². The summed E-state index contributed by atoms with van der Waals surface area (Å²) in [7, 11) is 0. The second-order valence-electron chi connectivity index (χ2n) is 5.39. The highest BCUT2D eigenvalue weighted by atomic mass is 32.1. The highest BCUT2D eigenvalue weighted by Gasteiger charge is 2.15. The molecule has 0 unspecified atom stereocenters. The standard InChI is InChI=1S/C17H19NO2S/c19-17(18-10-13-3-2-7-20-11-13)15-5-1-4-14(9-15)16-6-8-21-12-16/h1,4-6,8-9,12-13H,2-3,7,10-11H2,(H,18,19)/t13-/m0/s1. The lowest BCUT2D eigenvalue weighted by atomic mass is 10.0. The van der Waals surface area contributed by atoms with E-state index in [4.69, 9.17) is 4.74 Å². The first-order valence-electron chi connectivity index (χ1n) is 7.31. The minimum absolute atomic E-state index is 0.00217. The molecule has 1 saturated heterocycles. The summed E-state index contributed by atoms with van der Waals surface area (Å²) in [6.07, 6.45) is 2.23. The summed E-state index contributed by atoms with van der Waals surface area (Å²) in [6, 6.07) is 9.86. The van der Waals surface area contributed by atoms with Crippen LogP contribution in [0.25, 0.3) is 11.1 Å². The van der Waals surface area contributed by atoms with Crippen molar-refractivity contribution in [2.24, 2.45) is 5.92 Å². The second kappa shape index (κ2) is 6.87. The number of carbonyl (C=O) groups excluding carboxylic acids is 1. The molecule has 3 nitrogen and oxygen atoms in total. The van der Waals surface area contributed by atoms with Gasteiger partial charge in [0.05, 0.1) is 6.61 Å². The van der Waals surface area contributed by atoms with E-state index in [0.717, 1.165) is 42.7 Å². The Balaban J connectivity index is 1.63. The molecule has 0 saturated carbocycles. The van der Waals surface area contributed by atoms with E-state index in [1.807, 2.05) is 29.6 Å². The number of hydrogen-bond donors (Lipinski definition) is 1. The highest BCUT2D eigenvalue weighted by molar-refractivity contribution is 7.08. The van der Waals surface area contributed by atoms with Gasteiger partial charge in [0, 0.05) is 18.7 Å². The summed E-state index contributed by atoms with van der Waals surface area (Å²) >= 11 is 1.66. The van der Waals surface area contributed by atoms with Gasteiger partial charge >= 0.3 is 0 Å². The molecule has 1 aromatic heterocycles. The normalized spacial score (nSPS) is 18.4. The molecule has 3 rings (SSSR count). The number of benzene rings is 1. The van der Waals surface area contributed by atoms with E-state index < -0.39 is 0 Å². The third-order valence-electron chi connectivity index (χ3n) is 3.79. The summed E-state index contributed by atoms with van der Waals surface area (Å²) in [5.41, 5.74) is 2.97. The highest BCUT2D eigenvalue weighted by Crippen LogP contribution is 2.23. The van der Waals surface area contributed by atoms with Crippen LogP contribution >= 0.6 is 11.3 Å². The first-order valence-corrected chi connectivity index (χ1v) is 8.26. The van der Waals surface area contributed by atoms with Gasteiger partial charge in [0.2, 0.25) is 0 Å². The van der Waals surface area contributed by atoms with E-state index in [9.17, 15) is 4.79 Å². The largest absolute Gasteiger partial charge is 0.381 e. The number of amides is 1. The Kier molecular flexibility index (Phi) is 4.68. The summed E-state index contributed by atoms with van der Waals surface area (Å²) in [4.78, 5) is 12.3. The summed E-state index contributed by atoms with van der Waals surface area (Å²) in [5.74, 6) is 0.445. The van der Waals surface area contributed by atoms with Crippen LogP contribution < -0.4 is 5.32 Å². The van der Waals surface area contributed by atoms with Crippen LogP contribution in [-0.4, -0.2) is 25.7 Å². The van der Waals surface area contributed by atoms with Crippen molar-refractivity contribution in [1.82, 2.24) is 5.32 Å². The minimum atomic E-state index is -0.00217. The van der Waals surface area contributed by atoms with Crippen molar-refractivity contribution in [2.45, 2.75) is 12.8 Å². The van der Waals surface area contributed by atoms with Crippen molar-refractivity contribution in [3.05, 3.63) is 46.7 Å². The predicted molar refractivity (Wildman–Crippen MR) is 85.6 cm³/mol. The zero-order valence-electron chi connectivity index (χ0n) is 11.9. The smallest absolute Gasteiger partial charge is 0.251 e. The lowest BCUT2D eigenvalue weighted by Crippen LogP contribution is -2.33. The molecule has 0 aliphatic carbocycles. The van der Waals surface area contributed by atoms with Crippen molar-refractivity contribution in [2.75, 3.05) is 19.8 Å². The molecule has 1 N–H and O–H groups in total. The Hall–Kier alpha value is -1.65. The zero-order chi connectivity index (χ0) is 14.5.